The van der Waals surface area contributed by atoms with Crippen molar-refractivity contribution in [1.29, 1.82) is 0 Å². The van der Waals surface area contributed by atoms with E-state index >= 15 is 0 Å². The predicted octanol–water partition coefficient (Wildman–Crippen LogP) is 3.63. The summed E-state index contributed by atoms with van der Waals surface area (Å²) in [6, 6.07) is 4.07. The monoisotopic (exact) mass is 254 g/mol. The van der Waals surface area contributed by atoms with Gasteiger partial charge in [0, 0.05) is 9.92 Å². The first kappa shape index (κ1) is 11.5. The Labute approximate surface area is 103 Å². The number of hydrogen-bond donors (Lipinski definition) is 0. The highest BCUT2D eigenvalue weighted by Crippen LogP contribution is 2.29. The zero-order valence-corrected chi connectivity index (χ0v) is 10.6. The molecule has 1 aromatic carbocycles. The van der Waals surface area contributed by atoms with Gasteiger partial charge in [-0.15, -0.1) is 11.8 Å². The Bertz CT molecular complexity index is 485. The molecule has 5 heteroatoms. The molecule has 2 rings (SSSR count). The van der Waals surface area contributed by atoms with Crippen molar-refractivity contribution in [3.05, 3.63) is 40.5 Å². The van der Waals surface area contributed by atoms with E-state index in [2.05, 4.69) is 20.7 Å². The number of halogens is 1. The zero-order valence-electron chi connectivity index (χ0n) is 9.03. The SMILES string of the molecule is Cc1cc(SCc2ncon2)c(C)cc1Cl. The molecule has 0 aliphatic rings. The van der Waals surface area contributed by atoms with Crippen LogP contribution in [0.3, 0.4) is 0 Å². The Morgan fingerprint density at radius 3 is 2.81 bits per heavy atom. The quantitative estimate of drug-likeness (QED) is 0.784. The van der Waals surface area contributed by atoms with Crippen LogP contribution < -0.4 is 0 Å². The molecule has 0 amide bonds. The molecular weight excluding hydrogens is 244 g/mol. The minimum Gasteiger partial charge on any atom is -0.343 e. The van der Waals surface area contributed by atoms with Crippen LogP contribution in [0.5, 0.6) is 0 Å². The van der Waals surface area contributed by atoms with Crippen LogP contribution in [0.4, 0.5) is 0 Å². The van der Waals surface area contributed by atoms with Crippen LogP contribution in [-0.2, 0) is 5.75 Å². The van der Waals surface area contributed by atoms with Crippen molar-refractivity contribution < 1.29 is 4.52 Å². The lowest BCUT2D eigenvalue weighted by atomic mass is 10.2. The van der Waals surface area contributed by atoms with Crippen molar-refractivity contribution in [3.8, 4) is 0 Å². The third-order valence-corrected chi connectivity index (χ3v) is 3.78. The summed E-state index contributed by atoms with van der Waals surface area (Å²) in [4.78, 5) is 5.18. The first-order chi connectivity index (χ1) is 7.66. The van der Waals surface area contributed by atoms with Gasteiger partial charge in [-0.3, -0.25) is 0 Å². The average molecular weight is 255 g/mol. The van der Waals surface area contributed by atoms with Crippen LogP contribution in [0.2, 0.25) is 5.02 Å². The maximum absolute atomic E-state index is 6.04. The summed E-state index contributed by atoms with van der Waals surface area (Å²) in [5.74, 6) is 1.41. The molecule has 0 spiro atoms. The molecule has 0 saturated carbocycles. The molecule has 0 radical (unpaired) electrons. The van der Waals surface area contributed by atoms with Gasteiger partial charge in [-0.05, 0) is 37.1 Å². The van der Waals surface area contributed by atoms with Crippen LogP contribution >= 0.6 is 23.4 Å². The maximum atomic E-state index is 6.04. The number of nitrogens with zero attached hydrogens (tertiary/aromatic N) is 2. The van der Waals surface area contributed by atoms with Gasteiger partial charge in [-0.25, -0.2) is 0 Å². The van der Waals surface area contributed by atoms with Crippen LogP contribution in [-0.4, -0.2) is 10.1 Å². The van der Waals surface area contributed by atoms with E-state index in [9.17, 15) is 0 Å². The number of thioether (sulfide) groups is 1. The summed E-state index contributed by atoms with van der Waals surface area (Å²) in [7, 11) is 0. The lowest BCUT2D eigenvalue weighted by molar-refractivity contribution is 0.412. The second-order valence-electron chi connectivity index (χ2n) is 3.50. The van der Waals surface area contributed by atoms with Crippen molar-refractivity contribution in [3.63, 3.8) is 0 Å². The molecule has 0 fully saturated rings. The summed E-state index contributed by atoms with van der Waals surface area (Å²) in [5, 5.41) is 4.57. The van der Waals surface area contributed by atoms with E-state index in [1.54, 1.807) is 11.8 Å². The summed E-state index contributed by atoms with van der Waals surface area (Å²) >= 11 is 7.72. The highest BCUT2D eigenvalue weighted by molar-refractivity contribution is 7.98. The number of rotatable bonds is 3. The number of hydrogen-bond acceptors (Lipinski definition) is 4. The Morgan fingerprint density at radius 1 is 1.31 bits per heavy atom. The van der Waals surface area contributed by atoms with Gasteiger partial charge >= 0.3 is 0 Å². The van der Waals surface area contributed by atoms with Crippen molar-refractivity contribution in [2.45, 2.75) is 24.5 Å². The van der Waals surface area contributed by atoms with Crippen LogP contribution in [0.15, 0.2) is 27.9 Å². The standard InChI is InChI=1S/C11H11ClN2OS/c1-7-4-10(8(2)3-9(7)12)16-5-11-13-6-15-14-11/h3-4,6H,5H2,1-2H3. The molecule has 1 heterocycles. The van der Waals surface area contributed by atoms with Crippen molar-refractivity contribution >= 4 is 23.4 Å². The summed E-state index contributed by atoms with van der Waals surface area (Å²) < 4.78 is 4.68. The fourth-order valence-corrected chi connectivity index (χ4v) is 2.49. The van der Waals surface area contributed by atoms with Crippen LogP contribution in [0.25, 0.3) is 0 Å². The Balaban J connectivity index is 2.12. The van der Waals surface area contributed by atoms with Gasteiger partial charge in [0.2, 0.25) is 6.39 Å². The minimum atomic E-state index is 0.706. The molecular formula is C11H11ClN2OS. The van der Waals surface area contributed by atoms with Crippen molar-refractivity contribution in [2.24, 2.45) is 0 Å². The van der Waals surface area contributed by atoms with E-state index in [0.29, 0.717) is 11.6 Å². The topological polar surface area (TPSA) is 38.9 Å². The van der Waals surface area contributed by atoms with Gasteiger partial charge in [0.25, 0.3) is 0 Å². The van der Waals surface area contributed by atoms with Gasteiger partial charge in [-0.1, -0.05) is 16.8 Å². The summed E-state index contributed by atoms with van der Waals surface area (Å²) in [5.41, 5.74) is 2.26. The Hall–Kier alpha value is -1.000. The van der Waals surface area contributed by atoms with E-state index in [1.807, 2.05) is 19.9 Å². The van der Waals surface area contributed by atoms with Crippen LogP contribution in [0, 0.1) is 13.8 Å². The molecule has 0 N–H and O–H groups in total. The number of benzene rings is 1. The van der Waals surface area contributed by atoms with Gasteiger partial charge in [0.15, 0.2) is 5.82 Å². The molecule has 0 bridgehead atoms. The smallest absolute Gasteiger partial charge is 0.213 e. The second kappa shape index (κ2) is 4.89. The average Bonchev–Trinajstić information content (AvgIpc) is 2.74. The van der Waals surface area contributed by atoms with Gasteiger partial charge in [-0.2, -0.15) is 4.98 Å². The normalized spacial score (nSPS) is 10.7. The molecule has 2 aromatic rings. The van der Waals surface area contributed by atoms with E-state index in [1.165, 1.54) is 16.9 Å². The number of aryl methyl sites for hydroxylation is 2. The molecule has 1 aromatic heterocycles. The first-order valence-corrected chi connectivity index (χ1v) is 6.18. The molecule has 0 atom stereocenters. The molecule has 16 heavy (non-hydrogen) atoms. The Morgan fingerprint density at radius 2 is 2.12 bits per heavy atom. The second-order valence-corrected chi connectivity index (χ2v) is 4.93. The highest BCUT2D eigenvalue weighted by atomic mass is 35.5. The van der Waals surface area contributed by atoms with E-state index in [-0.39, 0.29) is 0 Å². The molecule has 0 aliphatic carbocycles. The molecule has 0 unspecified atom stereocenters. The van der Waals surface area contributed by atoms with Crippen LogP contribution in [0.1, 0.15) is 17.0 Å². The molecule has 0 aliphatic heterocycles. The minimum absolute atomic E-state index is 0.706. The first-order valence-electron chi connectivity index (χ1n) is 4.81. The fourth-order valence-electron chi connectivity index (χ4n) is 1.31. The van der Waals surface area contributed by atoms with E-state index < -0.39 is 0 Å². The lowest BCUT2D eigenvalue weighted by Crippen LogP contribution is -1.87. The van der Waals surface area contributed by atoms with Crippen molar-refractivity contribution in [1.82, 2.24) is 10.1 Å². The van der Waals surface area contributed by atoms with Gasteiger partial charge in [0.05, 0.1) is 5.75 Å². The lowest BCUT2D eigenvalue weighted by Gasteiger charge is -2.06. The number of aromatic nitrogens is 2. The third kappa shape index (κ3) is 2.57. The third-order valence-electron chi connectivity index (χ3n) is 2.22. The predicted molar refractivity (Wildman–Crippen MR) is 64.8 cm³/mol. The summed E-state index contributed by atoms with van der Waals surface area (Å²) in [6.45, 7) is 4.05. The van der Waals surface area contributed by atoms with Gasteiger partial charge < -0.3 is 4.52 Å². The maximum Gasteiger partial charge on any atom is 0.213 e. The molecule has 3 nitrogen and oxygen atoms in total. The van der Waals surface area contributed by atoms with E-state index in [4.69, 9.17) is 11.6 Å². The largest absolute Gasteiger partial charge is 0.343 e. The fraction of sp³-hybridized carbons (Fsp3) is 0.273. The summed E-state index contributed by atoms with van der Waals surface area (Å²) in [6.07, 6.45) is 1.34. The molecule has 0 saturated heterocycles. The molecule has 84 valence electrons. The van der Waals surface area contributed by atoms with Crippen molar-refractivity contribution in [2.75, 3.05) is 0 Å². The van der Waals surface area contributed by atoms with Gasteiger partial charge in [0.1, 0.15) is 0 Å². The Kier molecular flexibility index (Phi) is 3.51. The van der Waals surface area contributed by atoms with E-state index in [0.717, 1.165) is 10.6 Å². The zero-order chi connectivity index (χ0) is 11.5. The highest BCUT2D eigenvalue weighted by Gasteiger charge is 2.05.